The SMILES string of the molecule is Cc1nc(C2CN(Cc3ccccc3)CC23CN(Cc2ccc(OC(C)C)cc2)C3)n[nH]1. The van der Waals surface area contributed by atoms with Crippen LogP contribution in [-0.2, 0) is 13.1 Å². The fourth-order valence-corrected chi connectivity index (χ4v) is 5.39. The minimum atomic E-state index is 0.202. The molecule has 0 amide bonds. The molecular weight excluding hydrogens is 398 g/mol. The first-order chi connectivity index (χ1) is 15.5. The number of aryl methyl sites for hydroxylation is 1. The van der Waals surface area contributed by atoms with Crippen LogP contribution in [0.15, 0.2) is 54.6 Å². The zero-order chi connectivity index (χ0) is 22.1. The number of nitrogens with one attached hydrogen (secondary N) is 1. The summed E-state index contributed by atoms with van der Waals surface area (Å²) in [5.74, 6) is 3.19. The van der Waals surface area contributed by atoms with Crippen molar-refractivity contribution in [1.82, 2.24) is 25.0 Å². The molecule has 3 aromatic rings. The molecule has 2 aliphatic heterocycles. The molecule has 2 aromatic carbocycles. The van der Waals surface area contributed by atoms with Gasteiger partial charge in [0.1, 0.15) is 11.6 Å². The Morgan fingerprint density at radius 2 is 1.62 bits per heavy atom. The van der Waals surface area contributed by atoms with Crippen LogP contribution in [-0.4, -0.2) is 57.3 Å². The summed E-state index contributed by atoms with van der Waals surface area (Å²) in [4.78, 5) is 9.86. The van der Waals surface area contributed by atoms with Crippen LogP contribution < -0.4 is 4.74 Å². The molecule has 6 heteroatoms. The first-order valence-corrected chi connectivity index (χ1v) is 11.6. The fraction of sp³-hybridized carbons (Fsp3) is 0.462. The van der Waals surface area contributed by atoms with Gasteiger partial charge in [0, 0.05) is 50.6 Å². The van der Waals surface area contributed by atoms with Gasteiger partial charge in [0.25, 0.3) is 0 Å². The predicted octanol–water partition coefficient (Wildman–Crippen LogP) is 4.00. The van der Waals surface area contributed by atoms with Crippen molar-refractivity contribution in [1.29, 1.82) is 0 Å². The fourth-order valence-electron chi connectivity index (χ4n) is 5.39. The molecule has 1 aromatic heterocycles. The molecule has 1 atom stereocenters. The number of likely N-dealkylation sites (tertiary alicyclic amines) is 2. The summed E-state index contributed by atoms with van der Waals surface area (Å²) < 4.78 is 5.78. The Balaban J connectivity index is 1.26. The molecular formula is C26H33N5O. The minimum Gasteiger partial charge on any atom is -0.491 e. The van der Waals surface area contributed by atoms with E-state index in [2.05, 4.69) is 88.4 Å². The standard InChI is InChI=1S/C26H33N5O/c1-19(2)32-23-11-9-22(10-12-23)14-31-17-26(18-31)16-30(13-21-7-5-4-6-8-21)15-24(26)25-27-20(3)28-29-25/h4-12,19,24H,13-18H2,1-3H3,(H,27,28,29). The molecule has 0 saturated carbocycles. The van der Waals surface area contributed by atoms with E-state index >= 15 is 0 Å². The Morgan fingerprint density at radius 3 is 2.28 bits per heavy atom. The first kappa shape index (κ1) is 21.2. The molecule has 168 valence electrons. The van der Waals surface area contributed by atoms with Crippen molar-refractivity contribution >= 4 is 0 Å². The predicted molar refractivity (Wildman–Crippen MR) is 125 cm³/mol. The third-order valence-electron chi connectivity index (χ3n) is 6.67. The lowest BCUT2D eigenvalue weighted by molar-refractivity contribution is -0.0111. The van der Waals surface area contributed by atoms with Gasteiger partial charge in [-0.1, -0.05) is 42.5 Å². The lowest BCUT2D eigenvalue weighted by Crippen LogP contribution is -2.59. The van der Waals surface area contributed by atoms with Gasteiger partial charge in [0.2, 0.25) is 0 Å². The quantitative estimate of drug-likeness (QED) is 0.613. The number of aromatic nitrogens is 3. The Labute approximate surface area is 190 Å². The maximum atomic E-state index is 5.78. The van der Waals surface area contributed by atoms with E-state index in [-0.39, 0.29) is 11.5 Å². The zero-order valence-electron chi connectivity index (χ0n) is 19.3. The normalized spacial score (nSPS) is 20.7. The molecule has 32 heavy (non-hydrogen) atoms. The maximum Gasteiger partial charge on any atom is 0.155 e. The van der Waals surface area contributed by atoms with Gasteiger partial charge in [-0.05, 0) is 44.0 Å². The monoisotopic (exact) mass is 431 g/mol. The van der Waals surface area contributed by atoms with Crippen LogP contribution in [0, 0.1) is 12.3 Å². The van der Waals surface area contributed by atoms with E-state index in [0.717, 1.165) is 56.7 Å². The van der Waals surface area contributed by atoms with E-state index in [9.17, 15) is 0 Å². The van der Waals surface area contributed by atoms with E-state index in [1.807, 2.05) is 6.92 Å². The van der Waals surface area contributed by atoms with Crippen LogP contribution in [0.2, 0.25) is 0 Å². The molecule has 2 saturated heterocycles. The van der Waals surface area contributed by atoms with Crippen LogP contribution in [0.25, 0.3) is 0 Å². The molecule has 1 unspecified atom stereocenters. The second kappa shape index (κ2) is 8.68. The third-order valence-corrected chi connectivity index (χ3v) is 6.67. The van der Waals surface area contributed by atoms with Crippen molar-refractivity contribution in [3.8, 4) is 5.75 Å². The summed E-state index contributed by atoms with van der Waals surface area (Å²) in [6.07, 6.45) is 0.202. The molecule has 5 rings (SSSR count). The molecule has 0 bridgehead atoms. The highest BCUT2D eigenvalue weighted by atomic mass is 16.5. The lowest BCUT2D eigenvalue weighted by Gasteiger charge is -2.50. The Bertz CT molecular complexity index is 1020. The lowest BCUT2D eigenvalue weighted by atomic mass is 9.71. The average Bonchev–Trinajstić information content (AvgIpc) is 3.33. The van der Waals surface area contributed by atoms with E-state index in [0.29, 0.717) is 5.92 Å². The molecule has 1 N–H and O–H groups in total. The van der Waals surface area contributed by atoms with E-state index in [4.69, 9.17) is 9.72 Å². The summed E-state index contributed by atoms with van der Waals surface area (Å²) in [6.45, 7) is 12.3. The molecule has 6 nitrogen and oxygen atoms in total. The number of rotatable bonds is 7. The number of ether oxygens (including phenoxy) is 1. The number of hydrogen-bond acceptors (Lipinski definition) is 5. The van der Waals surface area contributed by atoms with E-state index in [1.54, 1.807) is 0 Å². The van der Waals surface area contributed by atoms with Crippen molar-refractivity contribution in [3.63, 3.8) is 0 Å². The Kier molecular flexibility index (Phi) is 5.74. The van der Waals surface area contributed by atoms with Crippen LogP contribution in [0.1, 0.15) is 42.5 Å². The van der Waals surface area contributed by atoms with Crippen molar-refractivity contribution in [2.24, 2.45) is 5.41 Å². The van der Waals surface area contributed by atoms with Gasteiger partial charge in [0.05, 0.1) is 6.10 Å². The van der Waals surface area contributed by atoms with Gasteiger partial charge in [-0.3, -0.25) is 14.9 Å². The Hall–Kier alpha value is -2.70. The van der Waals surface area contributed by atoms with Crippen LogP contribution in [0.4, 0.5) is 0 Å². The van der Waals surface area contributed by atoms with Crippen LogP contribution in [0.3, 0.4) is 0 Å². The summed E-state index contributed by atoms with van der Waals surface area (Å²) in [6, 6.07) is 19.3. The van der Waals surface area contributed by atoms with Gasteiger partial charge in [-0.25, -0.2) is 4.98 Å². The molecule has 0 radical (unpaired) electrons. The number of hydrogen-bond donors (Lipinski definition) is 1. The summed E-state index contributed by atoms with van der Waals surface area (Å²) >= 11 is 0. The van der Waals surface area contributed by atoms with Crippen LogP contribution >= 0.6 is 0 Å². The zero-order valence-corrected chi connectivity index (χ0v) is 19.3. The van der Waals surface area contributed by atoms with Crippen LogP contribution in [0.5, 0.6) is 5.75 Å². The molecule has 3 heterocycles. The van der Waals surface area contributed by atoms with Gasteiger partial charge in [0.15, 0.2) is 5.82 Å². The van der Waals surface area contributed by atoms with Gasteiger partial charge < -0.3 is 4.74 Å². The number of H-pyrrole nitrogens is 1. The van der Waals surface area contributed by atoms with Gasteiger partial charge in [-0.15, -0.1) is 0 Å². The third kappa shape index (κ3) is 4.43. The summed E-state index contributed by atoms with van der Waals surface area (Å²) in [7, 11) is 0. The summed E-state index contributed by atoms with van der Waals surface area (Å²) in [5.41, 5.74) is 2.93. The molecule has 0 aliphatic carbocycles. The van der Waals surface area contributed by atoms with Crippen molar-refractivity contribution in [3.05, 3.63) is 77.4 Å². The smallest absolute Gasteiger partial charge is 0.155 e. The number of benzene rings is 2. The Morgan fingerprint density at radius 1 is 0.969 bits per heavy atom. The summed E-state index contributed by atoms with van der Waals surface area (Å²) in [5, 5.41) is 7.62. The second-order valence-corrected chi connectivity index (χ2v) is 9.80. The van der Waals surface area contributed by atoms with Crippen molar-refractivity contribution in [2.75, 3.05) is 26.2 Å². The highest BCUT2D eigenvalue weighted by Crippen LogP contribution is 2.49. The molecule has 2 fully saturated rings. The second-order valence-electron chi connectivity index (χ2n) is 9.80. The highest BCUT2D eigenvalue weighted by molar-refractivity contribution is 5.28. The van der Waals surface area contributed by atoms with Gasteiger partial charge in [-0.2, -0.15) is 5.10 Å². The van der Waals surface area contributed by atoms with E-state index < -0.39 is 0 Å². The number of nitrogens with zero attached hydrogens (tertiary/aromatic N) is 4. The minimum absolute atomic E-state index is 0.202. The molecule has 1 spiro atoms. The largest absolute Gasteiger partial charge is 0.491 e. The highest BCUT2D eigenvalue weighted by Gasteiger charge is 2.55. The topological polar surface area (TPSA) is 57.3 Å². The van der Waals surface area contributed by atoms with Crippen molar-refractivity contribution < 1.29 is 4.74 Å². The average molecular weight is 432 g/mol. The van der Waals surface area contributed by atoms with E-state index in [1.165, 1.54) is 11.1 Å². The number of aromatic amines is 1. The first-order valence-electron chi connectivity index (χ1n) is 11.6. The molecule has 2 aliphatic rings. The maximum absolute atomic E-state index is 5.78. The van der Waals surface area contributed by atoms with Crippen molar-refractivity contribution in [2.45, 2.75) is 45.9 Å². The van der Waals surface area contributed by atoms with Gasteiger partial charge >= 0.3 is 0 Å².